The normalized spacial score (nSPS) is 14.9. The van der Waals surface area contributed by atoms with E-state index in [2.05, 4.69) is 15.9 Å². The molecule has 0 saturated carbocycles. The molecule has 0 atom stereocenters. The summed E-state index contributed by atoms with van der Waals surface area (Å²) in [6, 6.07) is 3.01. The van der Waals surface area contributed by atoms with Crippen LogP contribution in [0, 0.1) is 5.82 Å². The highest BCUT2D eigenvalue weighted by Crippen LogP contribution is 2.28. The Labute approximate surface area is 94.6 Å². The van der Waals surface area contributed by atoms with Crippen molar-refractivity contribution < 1.29 is 14.3 Å². The van der Waals surface area contributed by atoms with Crippen molar-refractivity contribution in [3.05, 3.63) is 33.5 Å². The molecule has 0 unspecified atom stereocenters. The molecule has 3 nitrogen and oxygen atoms in total. The van der Waals surface area contributed by atoms with Crippen molar-refractivity contribution >= 4 is 22.0 Å². The summed E-state index contributed by atoms with van der Waals surface area (Å²) in [5.41, 5.74) is 1.37. The quantitative estimate of drug-likeness (QED) is 0.790. The number of carboxylic acid groups (broad SMARTS) is 1. The molecule has 1 N–H and O–H groups in total. The highest BCUT2D eigenvalue weighted by Gasteiger charge is 2.23. The number of carbonyl (C=O) groups is 1. The van der Waals surface area contributed by atoms with Crippen molar-refractivity contribution in [1.29, 1.82) is 0 Å². The molecule has 1 amide bonds. The summed E-state index contributed by atoms with van der Waals surface area (Å²) in [5, 5.41) is 8.82. The Morgan fingerprint density at radius 1 is 1.47 bits per heavy atom. The lowest BCUT2D eigenvalue weighted by atomic mass is 9.99. The third kappa shape index (κ3) is 1.84. The third-order valence-electron chi connectivity index (χ3n) is 2.57. The average Bonchev–Trinajstić information content (AvgIpc) is 2.23. The summed E-state index contributed by atoms with van der Waals surface area (Å²) < 4.78 is 14.3. The van der Waals surface area contributed by atoms with Crippen LogP contribution in [0.4, 0.5) is 9.18 Å². The largest absolute Gasteiger partial charge is 0.465 e. The van der Waals surface area contributed by atoms with Gasteiger partial charge >= 0.3 is 6.09 Å². The van der Waals surface area contributed by atoms with Crippen LogP contribution >= 0.6 is 15.9 Å². The molecule has 0 saturated heterocycles. The molecule has 0 fully saturated rings. The van der Waals surface area contributed by atoms with Crippen LogP contribution in [0.2, 0.25) is 0 Å². The fraction of sp³-hybridized carbons (Fsp3) is 0.300. The van der Waals surface area contributed by atoms with Crippen molar-refractivity contribution in [3.63, 3.8) is 0 Å². The molecule has 5 heteroatoms. The highest BCUT2D eigenvalue weighted by atomic mass is 79.9. The summed E-state index contributed by atoms with van der Waals surface area (Å²) in [6.07, 6.45) is -0.444. The second kappa shape index (κ2) is 3.81. The van der Waals surface area contributed by atoms with Gasteiger partial charge in [-0.2, -0.15) is 0 Å². The van der Waals surface area contributed by atoms with Gasteiger partial charge < -0.3 is 10.0 Å². The van der Waals surface area contributed by atoms with E-state index >= 15 is 0 Å². The smallest absolute Gasteiger partial charge is 0.407 e. The van der Waals surface area contributed by atoms with Crippen molar-refractivity contribution in [2.24, 2.45) is 0 Å². The van der Waals surface area contributed by atoms with Crippen LogP contribution in [-0.2, 0) is 13.0 Å². The van der Waals surface area contributed by atoms with Gasteiger partial charge in [0.25, 0.3) is 0 Å². The second-order valence-electron chi connectivity index (χ2n) is 3.44. The maximum atomic E-state index is 13.4. The minimum absolute atomic E-state index is 0.135. The maximum absolute atomic E-state index is 13.4. The standard InChI is InChI=1S/C10H9BrFNO2/c11-8-1-2-9(12)7-5-13(10(14)15)4-3-6(7)8/h1-2H,3-5H2,(H,14,15). The van der Waals surface area contributed by atoms with Crippen LogP contribution in [0.5, 0.6) is 0 Å². The molecule has 0 spiro atoms. The molecule has 1 aliphatic heterocycles. The van der Waals surface area contributed by atoms with Gasteiger partial charge in [-0.1, -0.05) is 15.9 Å². The van der Waals surface area contributed by atoms with Crippen molar-refractivity contribution in [1.82, 2.24) is 4.90 Å². The zero-order valence-corrected chi connectivity index (χ0v) is 9.42. The van der Waals surface area contributed by atoms with Gasteiger partial charge in [-0.15, -0.1) is 0 Å². The van der Waals surface area contributed by atoms with E-state index in [1.54, 1.807) is 6.07 Å². The first kappa shape index (κ1) is 10.4. The first-order valence-electron chi connectivity index (χ1n) is 4.53. The monoisotopic (exact) mass is 273 g/mol. The minimum Gasteiger partial charge on any atom is -0.465 e. The number of fused-ring (bicyclic) bond motifs is 1. The van der Waals surface area contributed by atoms with Crippen LogP contribution in [-0.4, -0.2) is 22.6 Å². The minimum atomic E-state index is -1.000. The first-order valence-corrected chi connectivity index (χ1v) is 5.32. The molecule has 0 aliphatic carbocycles. The molecule has 80 valence electrons. The fourth-order valence-corrected chi connectivity index (χ4v) is 2.33. The summed E-state index contributed by atoms with van der Waals surface area (Å²) in [6.45, 7) is 0.556. The van der Waals surface area contributed by atoms with Crippen LogP contribution in [0.1, 0.15) is 11.1 Å². The Morgan fingerprint density at radius 3 is 2.87 bits per heavy atom. The summed E-state index contributed by atoms with van der Waals surface area (Å²) in [4.78, 5) is 12.0. The molecular formula is C10H9BrFNO2. The van der Waals surface area contributed by atoms with Gasteiger partial charge in [0.15, 0.2) is 0 Å². The molecular weight excluding hydrogens is 265 g/mol. The molecule has 0 radical (unpaired) electrons. The number of amides is 1. The fourth-order valence-electron chi connectivity index (χ4n) is 1.76. The second-order valence-corrected chi connectivity index (χ2v) is 4.29. The summed E-state index contributed by atoms with van der Waals surface area (Å²) in [5.74, 6) is -0.334. The Bertz CT molecular complexity index is 422. The molecule has 1 heterocycles. The zero-order valence-electron chi connectivity index (χ0n) is 7.83. The van der Waals surface area contributed by atoms with Gasteiger partial charge in [-0.3, -0.25) is 0 Å². The molecule has 1 aromatic carbocycles. The molecule has 1 aliphatic rings. The third-order valence-corrected chi connectivity index (χ3v) is 3.31. The van der Waals surface area contributed by atoms with E-state index in [-0.39, 0.29) is 12.4 Å². The van der Waals surface area contributed by atoms with E-state index < -0.39 is 6.09 Å². The van der Waals surface area contributed by atoms with Crippen molar-refractivity contribution in [2.75, 3.05) is 6.54 Å². The van der Waals surface area contributed by atoms with Gasteiger partial charge in [-0.05, 0) is 24.1 Å². The average molecular weight is 274 g/mol. The van der Waals surface area contributed by atoms with E-state index in [0.717, 1.165) is 10.0 Å². The Morgan fingerprint density at radius 2 is 2.20 bits per heavy atom. The van der Waals surface area contributed by atoms with Crippen LogP contribution < -0.4 is 0 Å². The van der Waals surface area contributed by atoms with Crippen molar-refractivity contribution in [2.45, 2.75) is 13.0 Å². The Balaban J connectivity index is 2.41. The Kier molecular flexibility index (Phi) is 2.65. The van der Waals surface area contributed by atoms with Crippen LogP contribution in [0.3, 0.4) is 0 Å². The molecule has 2 rings (SSSR count). The molecule has 0 aromatic heterocycles. The topological polar surface area (TPSA) is 40.5 Å². The number of halogens is 2. The predicted molar refractivity (Wildman–Crippen MR) is 56.2 cm³/mol. The first-order chi connectivity index (χ1) is 7.09. The van der Waals surface area contributed by atoms with E-state index in [1.165, 1.54) is 11.0 Å². The van der Waals surface area contributed by atoms with Crippen LogP contribution in [0.25, 0.3) is 0 Å². The van der Waals surface area contributed by atoms with Gasteiger partial charge in [0.05, 0.1) is 6.54 Å². The number of hydrogen-bond acceptors (Lipinski definition) is 1. The SMILES string of the molecule is O=C(O)N1CCc2c(Br)ccc(F)c2C1. The highest BCUT2D eigenvalue weighted by molar-refractivity contribution is 9.10. The summed E-state index contributed by atoms with van der Waals surface area (Å²) in [7, 11) is 0. The van der Waals surface area contributed by atoms with E-state index in [4.69, 9.17) is 5.11 Å². The number of rotatable bonds is 0. The van der Waals surface area contributed by atoms with Gasteiger partial charge in [0.1, 0.15) is 5.82 Å². The van der Waals surface area contributed by atoms with E-state index in [0.29, 0.717) is 18.5 Å². The van der Waals surface area contributed by atoms with Gasteiger partial charge in [0, 0.05) is 16.6 Å². The maximum Gasteiger partial charge on any atom is 0.407 e. The molecule has 15 heavy (non-hydrogen) atoms. The molecule has 0 bridgehead atoms. The van der Waals surface area contributed by atoms with Gasteiger partial charge in [-0.25, -0.2) is 9.18 Å². The zero-order chi connectivity index (χ0) is 11.0. The lowest BCUT2D eigenvalue weighted by molar-refractivity contribution is 0.139. The Hall–Kier alpha value is -1.10. The van der Waals surface area contributed by atoms with Crippen molar-refractivity contribution in [3.8, 4) is 0 Å². The number of nitrogens with zero attached hydrogens (tertiary/aromatic N) is 1. The number of hydrogen-bond donors (Lipinski definition) is 1. The predicted octanol–water partition coefficient (Wildman–Crippen LogP) is 2.62. The van der Waals surface area contributed by atoms with E-state index in [1.807, 2.05) is 0 Å². The van der Waals surface area contributed by atoms with Crippen LogP contribution in [0.15, 0.2) is 16.6 Å². The molecule has 1 aromatic rings. The van der Waals surface area contributed by atoms with E-state index in [9.17, 15) is 9.18 Å². The lowest BCUT2D eigenvalue weighted by Crippen LogP contribution is -2.35. The lowest BCUT2D eigenvalue weighted by Gasteiger charge is -2.27. The number of benzene rings is 1. The van der Waals surface area contributed by atoms with Gasteiger partial charge in [0.2, 0.25) is 0 Å². The summed E-state index contributed by atoms with van der Waals surface area (Å²) >= 11 is 3.34.